The Balaban J connectivity index is 1.92. The number of aromatic nitrogens is 1. The highest BCUT2D eigenvalue weighted by molar-refractivity contribution is 5.37. The molecule has 88 valence electrons. The predicted molar refractivity (Wildman–Crippen MR) is 66.9 cm³/mol. The molecule has 1 atom stereocenters. The number of likely N-dealkylation sites (tertiary alicyclic amines) is 1. The molecule has 0 aromatic carbocycles. The van der Waals surface area contributed by atoms with Crippen LogP contribution in [0.1, 0.15) is 26.0 Å². The van der Waals surface area contributed by atoms with Crippen molar-refractivity contribution in [2.24, 2.45) is 11.8 Å². The Morgan fingerprint density at radius 2 is 2.38 bits per heavy atom. The molecule has 2 N–H and O–H groups in total. The van der Waals surface area contributed by atoms with Crippen molar-refractivity contribution < 1.29 is 0 Å². The smallest absolute Gasteiger partial charge is 0.0564 e. The molecular formula is C13H21N3. The van der Waals surface area contributed by atoms with E-state index in [9.17, 15) is 0 Å². The number of pyridine rings is 1. The third-order valence-corrected chi connectivity index (χ3v) is 3.48. The lowest BCUT2D eigenvalue weighted by molar-refractivity contribution is 0.294. The van der Waals surface area contributed by atoms with E-state index in [2.05, 4.69) is 23.7 Å². The van der Waals surface area contributed by atoms with Crippen LogP contribution in [0.25, 0.3) is 0 Å². The fourth-order valence-corrected chi connectivity index (χ4v) is 2.36. The lowest BCUT2D eigenvalue weighted by Crippen LogP contribution is -2.22. The molecule has 1 aromatic heterocycles. The van der Waals surface area contributed by atoms with Gasteiger partial charge in [-0.05, 0) is 36.9 Å². The maximum atomic E-state index is 5.75. The van der Waals surface area contributed by atoms with E-state index in [0.717, 1.165) is 29.8 Å². The van der Waals surface area contributed by atoms with Crippen molar-refractivity contribution >= 4 is 5.69 Å². The second-order valence-electron chi connectivity index (χ2n) is 5.11. The minimum absolute atomic E-state index is 0.791. The second-order valence-corrected chi connectivity index (χ2v) is 5.11. The lowest BCUT2D eigenvalue weighted by Gasteiger charge is -2.17. The molecule has 1 fully saturated rings. The van der Waals surface area contributed by atoms with Gasteiger partial charge in [-0.2, -0.15) is 0 Å². The Kier molecular flexibility index (Phi) is 3.44. The summed E-state index contributed by atoms with van der Waals surface area (Å²) in [5.41, 5.74) is 7.65. The lowest BCUT2D eigenvalue weighted by atomic mass is 9.95. The number of rotatable bonds is 3. The average Bonchev–Trinajstić information content (AvgIpc) is 2.66. The Morgan fingerprint density at radius 1 is 1.56 bits per heavy atom. The number of nitrogens with zero attached hydrogens (tertiary/aromatic N) is 2. The normalized spacial score (nSPS) is 21.8. The summed E-state index contributed by atoms with van der Waals surface area (Å²) in [5.74, 6) is 1.64. The summed E-state index contributed by atoms with van der Waals surface area (Å²) in [4.78, 5) is 6.83. The molecule has 3 heteroatoms. The summed E-state index contributed by atoms with van der Waals surface area (Å²) < 4.78 is 0. The van der Waals surface area contributed by atoms with Crippen LogP contribution in [0, 0.1) is 11.8 Å². The van der Waals surface area contributed by atoms with Gasteiger partial charge >= 0.3 is 0 Å². The topological polar surface area (TPSA) is 42.1 Å². The minimum Gasteiger partial charge on any atom is -0.399 e. The molecule has 0 radical (unpaired) electrons. The zero-order valence-electron chi connectivity index (χ0n) is 10.2. The quantitative estimate of drug-likeness (QED) is 0.847. The number of anilines is 1. The second kappa shape index (κ2) is 4.83. The van der Waals surface area contributed by atoms with Crippen LogP contribution in [-0.4, -0.2) is 23.0 Å². The van der Waals surface area contributed by atoms with E-state index in [0.29, 0.717) is 0 Å². The van der Waals surface area contributed by atoms with Gasteiger partial charge in [0.2, 0.25) is 0 Å². The molecule has 1 aliphatic rings. The van der Waals surface area contributed by atoms with Gasteiger partial charge in [0.25, 0.3) is 0 Å². The van der Waals surface area contributed by atoms with Gasteiger partial charge in [-0.25, -0.2) is 0 Å². The van der Waals surface area contributed by atoms with Gasteiger partial charge in [0.05, 0.1) is 5.69 Å². The van der Waals surface area contributed by atoms with Crippen LogP contribution in [0.4, 0.5) is 5.69 Å². The molecule has 2 rings (SSSR count). The third-order valence-electron chi connectivity index (χ3n) is 3.48. The maximum Gasteiger partial charge on any atom is 0.0564 e. The summed E-state index contributed by atoms with van der Waals surface area (Å²) in [6.45, 7) is 7.96. The summed E-state index contributed by atoms with van der Waals surface area (Å²) in [6, 6.07) is 3.81. The Hall–Kier alpha value is -1.09. The van der Waals surface area contributed by atoms with E-state index in [-0.39, 0.29) is 0 Å². The molecule has 0 aliphatic carbocycles. The summed E-state index contributed by atoms with van der Waals surface area (Å²) >= 11 is 0. The standard InChI is InChI=1S/C13H21N3/c1-10(2)11-4-6-16(8-11)9-13-7-12(14)3-5-15-13/h3,5,7,10-11H,4,6,8-9H2,1-2H3,(H2,14,15). The molecule has 3 nitrogen and oxygen atoms in total. The molecule has 0 saturated carbocycles. The van der Waals surface area contributed by atoms with Gasteiger partial charge in [-0.1, -0.05) is 13.8 Å². The van der Waals surface area contributed by atoms with Crippen LogP contribution >= 0.6 is 0 Å². The van der Waals surface area contributed by atoms with Gasteiger partial charge < -0.3 is 5.73 Å². The summed E-state index contributed by atoms with van der Waals surface area (Å²) in [6.07, 6.45) is 3.11. The van der Waals surface area contributed by atoms with Crippen LogP contribution in [0.2, 0.25) is 0 Å². The maximum absolute atomic E-state index is 5.75. The molecular weight excluding hydrogens is 198 g/mol. The zero-order valence-corrected chi connectivity index (χ0v) is 10.2. The first-order valence-corrected chi connectivity index (χ1v) is 6.08. The van der Waals surface area contributed by atoms with Gasteiger partial charge in [-0.15, -0.1) is 0 Å². The van der Waals surface area contributed by atoms with Crippen LogP contribution in [0.5, 0.6) is 0 Å². The SMILES string of the molecule is CC(C)C1CCN(Cc2cc(N)ccn2)C1. The first-order valence-electron chi connectivity index (χ1n) is 6.08. The van der Waals surface area contributed by atoms with Crippen LogP contribution in [0.3, 0.4) is 0 Å². The van der Waals surface area contributed by atoms with Crippen molar-refractivity contribution in [2.45, 2.75) is 26.8 Å². The molecule has 1 aromatic rings. The van der Waals surface area contributed by atoms with E-state index in [4.69, 9.17) is 5.73 Å². The molecule has 0 bridgehead atoms. The van der Waals surface area contributed by atoms with Gasteiger partial charge in [-0.3, -0.25) is 9.88 Å². The Labute approximate surface area is 97.7 Å². The van der Waals surface area contributed by atoms with E-state index < -0.39 is 0 Å². The molecule has 1 aliphatic heterocycles. The number of hydrogen-bond donors (Lipinski definition) is 1. The van der Waals surface area contributed by atoms with Crippen molar-refractivity contribution in [3.8, 4) is 0 Å². The highest BCUT2D eigenvalue weighted by Crippen LogP contribution is 2.24. The van der Waals surface area contributed by atoms with Crippen LogP contribution < -0.4 is 5.73 Å². The minimum atomic E-state index is 0.791. The van der Waals surface area contributed by atoms with Crippen molar-refractivity contribution in [1.82, 2.24) is 9.88 Å². The summed E-state index contributed by atoms with van der Waals surface area (Å²) in [7, 11) is 0. The third kappa shape index (κ3) is 2.73. The monoisotopic (exact) mass is 219 g/mol. The van der Waals surface area contributed by atoms with E-state index in [1.807, 2.05) is 12.1 Å². The number of nitrogens with two attached hydrogens (primary N) is 1. The van der Waals surface area contributed by atoms with Gasteiger partial charge in [0, 0.05) is 25.0 Å². The number of hydrogen-bond acceptors (Lipinski definition) is 3. The molecule has 2 heterocycles. The molecule has 1 unspecified atom stereocenters. The molecule has 1 saturated heterocycles. The molecule has 0 amide bonds. The first-order chi connectivity index (χ1) is 7.65. The van der Waals surface area contributed by atoms with E-state index in [1.54, 1.807) is 6.20 Å². The highest BCUT2D eigenvalue weighted by Gasteiger charge is 2.24. The van der Waals surface area contributed by atoms with E-state index in [1.165, 1.54) is 19.5 Å². The van der Waals surface area contributed by atoms with Gasteiger partial charge in [0.1, 0.15) is 0 Å². The van der Waals surface area contributed by atoms with Crippen molar-refractivity contribution in [1.29, 1.82) is 0 Å². The highest BCUT2D eigenvalue weighted by atomic mass is 15.1. The Morgan fingerprint density at radius 3 is 3.00 bits per heavy atom. The van der Waals surface area contributed by atoms with Crippen molar-refractivity contribution in [3.63, 3.8) is 0 Å². The fraction of sp³-hybridized carbons (Fsp3) is 0.615. The predicted octanol–water partition coefficient (Wildman–Crippen LogP) is 2.14. The molecule has 16 heavy (non-hydrogen) atoms. The van der Waals surface area contributed by atoms with Crippen LogP contribution in [0.15, 0.2) is 18.3 Å². The zero-order chi connectivity index (χ0) is 11.5. The largest absolute Gasteiger partial charge is 0.399 e. The van der Waals surface area contributed by atoms with Crippen LogP contribution in [-0.2, 0) is 6.54 Å². The van der Waals surface area contributed by atoms with E-state index >= 15 is 0 Å². The molecule has 0 spiro atoms. The van der Waals surface area contributed by atoms with Gasteiger partial charge in [0.15, 0.2) is 0 Å². The number of nitrogen functional groups attached to an aromatic ring is 1. The Bertz CT molecular complexity index is 349. The first kappa shape index (κ1) is 11.4. The fourth-order valence-electron chi connectivity index (χ4n) is 2.36. The van der Waals surface area contributed by atoms with Crippen molar-refractivity contribution in [3.05, 3.63) is 24.0 Å². The average molecular weight is 219 g/mol. The summed E-state index contributed by atoms with van der Waals surface area (Å²) in [5, 5.41) is 0. The van der Waals surface area contributed by atoms with Crippen molar-refractivity contribution in [2.75, 3.05) is 18.8 Å².